The van der Waals surface area contributed by atoms with E-state index in [2.05, 4.69) is 19.1 Å². The lowest BCUT2D eigenvalue weighted by atomic mass is 9.82. The van der Waals surface area contributed by atoms with Crippen LogP contribution in [0.25, 0.3) is 0 Å². The SMILES string of the molecule is COc1ccc(C[C@@H](C)C[C@H](O)[C@@H](N)CC2CCCCC2)cc1. The Kier molecular flexibility index (Phi) is 7.38. The number of benzene rings is 1. The van der Waals surface area contributed by atoms with Crippen molar-refractivity contribution in [2.24, 2.45) is 17.6 Å². The summed E-state index contributed by atoms with van der Waals surface area (Å²) >= 11 is 0. The average molecular weight is 319 g/mol. The smallest absolute Gasteiger partial charge is 0.118 e. The summed E-state index contributed by atoms with van der Waals surface area (Å²) < 4.78 is 5.19. The van der Waals surface area contributed by atoms with Crippen molar-refractivity contribution in [3.05, 3.63) is 29.8 Å². The zero-order valence-corrected chi connectivity index (χ0v) is 14.7. The predicted octanol–water partition coefficient (Wildman–Crippen LogP) is 3.92. The summed E-state index contributed by atoms with van der Waals surface area (Å²) in [5.74, 6) is 2.04. The molecular weight excluding hydrogens is 286 g/mol. The molecule has 3 heteroatoms. The zero-order chi connectivity index (χ0) is 16.7. The van der Waals surface area contributed by atoms with Gasteiger partial charge in [-0.2, -0.15) is 0 Å². The van der Waals surface area contributed by atoms with Crippen molar-refractivity contribution in [3.8, 4) is 5.75 Å². The van der Waals surface area contributed by atoms with Crippen molar-refractivity contribution in [1.29, 1.82) is 0 Å². The van der Waals surface area contributed by atoms with Gasteiger partial charge in [-0.1, -0.05) is 51.2 Å². The fraction of sp³-hybridized carbons (Fsp3) is 0.700. The summed E-state index contributed by atoms with van der Waals surface area (Å²) in [6.45, 7) is 2.20. The van der Waals surface area contributed by atoms with E-state index in [1.54, 1.807) is 7.11 Å². The van der Waals surface area contributed by atoms with Gasteiger partial charge in [0.2, 0.25) is 0 Å². The topological polar surface area (TPSA) is 55.5 Å². The highest BCUT2D eigenvalue weighted by atomic mass is 16.5. The normalized spacial score (nSPS) is 20.0. The maximum absolute atomic E-state index is 10.4. The molecule has 0 radical (unpaired) electrons. The molecule has 3 atom stereocenters. The molecule has 0 unspecified atom stereocenters. The van der Waals surface area contributed by atoms with Crippen LogP contribution in [0.5, 0.6) is 5.75 Å². The van der Waals surface area contributed by atoms with E-state index in [-0.39, 0.29) is 12.1 Å². The van der Waals surface area contributed by atoms with E-state index in [0.29, 0.717) is 5.92 Å². The van der Waals surface area contributed by atoms with Crippen LogP contribution in [0.15, 0.2) is 24.3 Å². The Hall–Kier alpha value is -1.06. The van der Waals surface area contributed by atoms with E-state index in [1.807, 2.05) is 12.1 Å². The van der Waals surface area contributed by atoms with Gasteiger partial charge in [0.1, 0.15) is 5.75 Å². The number of aliphatic hydroxyl groups excluding tert-OH is 1. The minimum Gasteiger partial charge on any atom is -0.497 e. The highest BCUT2D eigenvalue weighted by Gasteiger charge is 2.23. The Bertz CT molecular complexity index is 439. The third-order valence-corrected chi connectivity index (χ3v) is 5.21. The quantitative estimate of drug-likeness (QED) is 0.763. The van der Waals surface area contributed by atoms with Gasteiger partial charge < -0.3 is 15.6 Å². The molecule has 1 aliphatic rings. The summed E-state index contributed by atoms with van der Waals surface area (Å²) in [6, 6.07) is 8.12. The van der Waals surface area contributed by atoms with Crippen LogP contribution in [0.1, 0.15) is 57.4 Å². The lowest BCUT2D eigenvalue weighted by Gasteiger charge is -2.28. The third-order valence-electron chi connectivity index (χ3n) is 5.21. The number of aliphatic hydroxyl groups is 1. The standard InChI is InChI=1S/C20H33NO2/c1-15(12-17-8-10-18(23-2)11-9-17)13-20(22)19(21)14-16-6-4-3-5-7-16/h8-11,15-16,19-20,22H,3-7,12-14,21H2,1-2H3/t15-,19+,20+/m1/s1. The fourth-order valence-corrected chi connectivity index (χ4v) is 3.80. The molecule has 0 bridgehead atoms. The molecule has 1 fully saturated rings. The number of rotatable bonds is 8. The van der Waals surface area contributed by atoms with Gasteiger partial charge in [-0.25, -0.2) is 0 Å². The van der Waals surface area contributed by atoms with Gasteiger partial charge in [-0.05, 0) is 48.8 Å². The van der Waals surface area contributed by atoms with E-state index in [1.165, 1.54) is 37.7 Å². The summed E-state index contributed by atoms with van der Waals surface area (Å²) in [7, 11) is 1.68. The van der Waals surface area contributed by atoms with E-state index in [4.69, 9.17) is 10.5 Å². The van der Waals surface area contributed by atoms with Gasteiger partial charge in [0.15, 0.2) is 0 Å². The van der Waals surface area contributed by atoms with Crippen molar-refractivity contribution >= 4 is 0 Å². The van der Waals surface area contributed by atoms with Crippen molar-refractivity contribution < 1.29 is 9.84 Å². The summed E-state index contributed by atoms with van der Waals surface area (Å²) in [6.07, 6.45) is 8.97. The largest absolute Gasteiger partial charge is 0.497 e. The molecule has 0 spiro atoms. The molecule has 3 N–H and O–H groups in total. The Morgan fingerprint density at radius 3 is 2.43 bits per heavy atom. The van der Waals surface area contributed by atoms with Crippen LogP contribution >= 0.6 is 0 Å². The van der Waals surface area contributed by atoms with Crippen LogP contribution in [0.2, 0.25) is 0 Å². The van der Waals surface area contributed by atoms with Gasteiger partial charge in [-0.15, -0.1) is 0 Å². The lowest BCUT2D eigenvalue weighted by molar-refractivity contribution is 0.103. The molecule has 0 heterocycles. The highest BCUT2D eigenvalue weighted by Crippen LogP contribution is 2.28. The van der Waals surface area contributed by atoms with Crippen LogP contribution in [-0.2, 0) is 6.42 Å². The molecule has 1 aromatic rings. The van der Waals surface area contributed by atoms with E-state index < -0.39 is 0 Å². The lowest BCUT2D eigenvalue weighted by Crippen LogP contribution is -2.38. The first-order chi connectivity index (χ1) is 11.1. The molecule has 23 heavy (non-hydrogen) atoms. The third kappa shape index (κ3) is 6.15. The predicted molar refractivity (Wildman–Crippen MR) is 95.7 cm³/mol. The molecule has 1 aromatic carbocycles. The second kappa shape index (κ2) is 9.29. The van der Waals surface area contributed by atoms with Crippen LogP contribution in [0.3, 0.4) is 0 Å². The molecule has 0 aromatic heterocycles. The van der Waals surface area contributed by atoms with Crippen LogP contribution in [0.4, 0.5) is 0 Å². The summed E-state index contributed by atoms with van der Waals surface area (Å²) in [5.41, 5.74) is 7.54. The molecule has 2 rings (SSSR count). The van der Waals surface area contributed by atoms with Gasteiger partial charge in [0, 0.05) is 6.04 Å². The van der Waals surface area contributed by atoms with Crippen LogP contribution < -0.4 is 10.5 Å². The average Bonchev–Trinajstić information content (AvgIpc) is 2.56. The number of methoxy groups -OCH3 is 1. The highest BCUT2D eigenvalue weighted by molar-refractivity contribution is 5.27. The number of ether oxygens (including phenoxy) is 1. The van der Waals surface area contributed by atoms with E-state index >= 15 is 0 Å². The summed E-state index contributed by atoms with van der Waals surface area (Å²) in [5, 5.41) is 10.4. The second-order valence-corrected chi connectivity index (χ2v) is 7.36. The van der Waals surface area contributed by atoms with Gasteiger partial charge in [-0.3, -0.25) is 0 Å². The molecule has 0 saturated heterocycles. The summed E-state index contributed by atoms with van der Waals surface area (Å²) in [4.78, 5) is 0. The van der Waals surface area contributed by atoms with Crippen molar-refractivity contribution in [3.63, 3.8) is 0 Å². The van der Waals surface area contributed by atoms with Crippen molar-refractivity contribution in [1.82, 2.24) is 0 Å². The monoisotopic (exact) mass is 319 g/mol. The maximum atomic E-state index is 10.4. The number of nitrogens with two attached hydrogens (primary N) is 1. The van der Waals surface area contributed by atoms with Gasteiger partial charge in [0.25, 0.3) is 0 Å². The van der Waals surface area contributed by atoms with Crippen molar-refractivity contribution in [2.45, 2.75) is 70.4 Å². The van der Waals surface area contributed by atoms with Gasteiger partial charge >= 0.3 is 0 Å². The molecule has 3 nitrogen and oxygen atoms in total. The fourth-order valence-electron chi connectivity index (χ4n) is 3.80. The number of hydrogen-bond acceptors (Lipinski definition) is 3. The molecule has 0 aliphatic heterocycles. The number of hydrogen-bond donors (Lipinski definition) is 2. The molecule has 1 aliphatic carbocycles. The van der Waals surface area contributed by atoms with Crippen LogP contribution in [0, 0.1) is 11.8 Å². The minimum atomic E-state index is -0.384. The van der Waals surface area contributed by atoms with Crippen molar-refractivity contribution in [2.75, 3.05) is 7.11 Å². The Morgan fingerprint density at radius 2 is 1.83 bits per heavy atom. The Balaban J connectivity index is 1.74. The zero-order valence-electron chi connectivity index (χ0n) is 14.7. The van der Waals surface area contributed by atoms with Gasteiger partial charge in [0.05, 0.1) is 13.2 Å². The molecular formula is C20H33NO2. The Labute approximate surface area is 141 Å². The molecule has 0 amide bonds. The van der Waals surface area contributed by atoms with E-state index in [9.17, 15) is 5.11 Å². The molecule has 130 valence electrons. The van der Waals surface area contributed by atoms with E-state index in [0.717, 1.165) is 30.9 Å². The van der Waals surface area contributed by atoms with Crippen LogP contribution in [-0.4, -0.2) is 24.4 Å². The molecule has 1 saturated carbocycles. The first-order valence-corrected chi connectivity index (χ1v) is 9.15. The second-order valence-electron chi connectivity index (χ2n) is 7.36. The Morgan fingerprint density at radius 1 is 1.17 bits per heavy atom. The maximum Gasteiger partial charge on any atom is 0.118 e. The first kappa shape index (κ1) is 18.3. The first-order valence-electron chi connectivity index (χ1n) is 9.15. The minimum absolute atomic E-state index is 0.0728.